The van der Waals surface area contributed by atoms with E-state index in [0.29, 0.717) is 17.8 Å². The lowest BCUT2D eigenvalue weighted by Crippen LogP contribution is -2.62. The standard InChI is InChI=1S/C15H18N4O2.ClH/c1-21-11-4-5-13-12(6-11)14(18-17-13)15(20)19-8-9-2-3-10(19)7-16-9;/h4-6,9-10,16H,2-3,7-8H2,1H3,(H,17,18);1H. The number of ether oxygens (including phenoxy) is 1. The zero-order chi connectivity index (χ0) is 14.4. The Morgan fingerprint density at radius 1 is 1.41 bits per heavy atom. The van der Waals surface area contributed by atoms with E-state index in [1.165, 1.54) is 0 Å². The number of methoxy groups -OCH3 is 1. The number of carbonyl (C=O) groups excluding carboxylic acids is 1. The summed E-state index contributed by atoms with van der Waals surface area (Å²) >= 11 is 0. The highest BCUT2D eigenvalue weighted by Gasteiger charge is 2.37. The van der Waals surface area contributed by atoms with Crippen molar-refractivity contribution in [3.8, 4) is 5.75 Å². The molecule has 118 valence electrons. The molecule has 3 fully saturated rings. The lowest BCUT2D eigenvalue weighted by molar-refractivity contribution is 0.0437. The molecule has 7 heteroatoms. The second-order valence-corrected chi connectivity index (χ2v) is 5.78. The predicted molar refractivity (Wildman–Crippen MR) is 85.7 cm³/mol. The Bertz CT molecular complexity index is 694. The Morgan fingerprint density at radius 2 is 2.27 bits per heavy atom. The van der Waals surface area contributed by atoms with Crippen molar-refractivity contribution < 1.29 is 9.53 Å². The largest absolute Gasteiger partial charge is 0.497 e. The van der Waals surface area contributed by atoms with Gasteiger partial charge in [0.1, 0.15) is 5.75 Å². The third kappa shape index (κ3) is 2.32. The highest BCUT2D eigenvalue weighted by atomic mass is 35.5. The topological polar surface area (TPSA) is 70.2 Å². The maximum absolute atomic E-state index is 12.8. The van der Waals surface area contributed by atoms with E-state index in [1.54, 1.807) is 7.11 Å². The van der Waals surface area contributed by atoms with Gasteiger partial charge in [-0.15, -0.1) is 12.4 Å². The van der Waals surface area contributed by atoms with Gasteiger partial charge in [0.25, 0.3) is 5.91 Å². The van der Waals surface area contributed by atoms with Crippen LogP contribution < -0.4 is 10.1 Å². The molecule has 5 rings (SSSR count). The number of fused-ring (bicyclic) bond motifs is 4. The molecule has 3 saturated heterocycles. The summed E-state index contributed by atoms with van der Waals surface area (Å²) in [6.45, 7) is 1.67. The van der Waals surface area contributed by atoms with Crippen molar-refractivity contribution in [3.63, 3.8) is 0 Å². The van der Waals surface area contributed by atoms with Gasteiger partial charge in [-0.25, -0.2) is 0 Å². The Labute approximate surface area is 134 Å². The van der Waals surface area contributed by atoms with Crippen LogP contribution in [0, 0.1) is 0 Å². The van der Waals surface area contributed by atoms with Gasteiger partial charge in [0.05, 0.1) is 12.6 Å². The molecule has 4 heterocycles. The van der Waals surface area contributed by atoms with Crippen molar-refractivity contribution >= 4 is 29.2 Å². The summed E-state index contributed by atoms with van der Waals surface area (Å²) in [5.41, 5.74) is 1.36. The van der Waals surface area contributed by atoms with Gasteiger partial charge in [0, 0.05) is 30.6 Å². The number of hydrogen-bond donors (Lipinski definition) is 2. The molecular formula is C15H19ClN4O2. The van der Waals surface area contributed by atoms with E-state index in [4.69, 9.17) is 4.74 Å². The van der Waals surface area contributed by atoms with E-state index in [0.717, 1.165) is 42.6 Å². The molecule has 0 spiro atoms. The van der Waals surface area contributed by atoms with Gasteiger partial charge >= 0.3 is 0 Å². The number of aromatic amines is 1. The van der Waals surface area contributed by atoms with Crippen molar-refractivity contribution in [2.24, 2.45) is 0 Å². The normalized spacial score (nSPS) is 23.4. The molecule has 2 bridgehead atoms. The average molecular weight is 323 g/mol. The number of rotatable bonds is 2. The fourth-order valence-electron chi connectivity index (χ4n) is 3.38. The predicted octanol–water partition coefficient (Wildman–Crippen LogP) is 1.57. The number of hydrogen-bond acceptors (Lipinski definition) is 4. The van der Waals surface area contributed by atoms with Crippen molar-refractivity contribution in [2.75, 3.05) is 20.2 Å². The number of nitrogens with zero attached hydrogens (tertiary/aromatic N) is 2. The van der Waals surface area contributed by atoms with Gasteiger partial charge in [0.15, 0.2) is 5.69 Å². The van der Waals surface area contributed by atoms with Crippen LogP contribution in [0.3, 0.4) is 0 Å². The summed E-state index contributed by atoms with van der Waals surface area (Å²) in [4.78, 5) is 14.8. The van der Waals surface area contributed by atoms with Crippen LogP contribution in [0.25, 0.3) is 10.9 Å². The fraction of sp³-hybridized carbons (Fsp3) is 0.467. The van der Waals surface area contributed by atoms with Gasteiger partial charge in [-0.2, -0.15) is 5.10 Å². The van der Waals surface area contributed by atoms with Crippen LogP contribution in [-0.4, -0.2) is 53.3 Å². The molecule has 1 aromatic carbocycles. The monoisotopic (exact) mass is 322 g/mol. The Morgan fingerprint density at radius 3 is 2.91 bits per heavy atom. The van der Waals surface area contributed by atoms with Crippen molar-refractivity contribution in [1.82, 2.24) is 20.4 Å². The molecule has 3 aliphatic heterocycles. The number of piperazine rings is 1. The van der Waals surface area contributed by atoms with Crippen LogP contribution in [0.5, 0.6) is 5.75 Å². The Kier molecular flexibility index (Phi) is 3.97. The quantitative estimate of drug-likeness (QED) is 0.880. The second kappa shape index (κ2) is 5.78. The highest BCUT2D eigenvalue weighted by Crippen LogP contribution is 2.27. The molecule has 2 atom stereocenters. The second-order valence-electron chi connectivity index (χ2n) is 5.78. The number of halogens is 1. The molecular weight excluding hydrogens is 304 g/mol. The molecule has 2 N–H and O–H groups in total. The number of nitrogens with one attached hydrogen (secondary N) is 2. The number of piperidine rings is 2. The third-order valence-corrected chi connectivity index (χ3v) is 4.58. The average Bonchev–Trinajstić information content (AvgIpc) is 2.98. The first-order chi connectivity index (χ1) is 10.3. The molecule has 6 nitrogen and oxygen atoms in total. The Hall–Kier alpha value is -1.79. The van der Waals surface area contributed by atoms with E-state index in [-0.39, 0.29) is 18.3 Å². The summed E-state index contributed by atoms with van der Waals surface area (Å²) in [6.07, 6.45) is 2.23. The van der Waals surface area contributed by atoms with Crippen molar-refractivity contribution in [2.45, 2.75) is 24.9 Å². The SMILES string of the molecule is COc1ccc2[nH]nc(C(=O)N3CC4CCC3CN4)c2c1.Cl. The van der Waals surface area contributed by atoms with Gasteiger partial charge < -0.3 is 15.0 Å². The zero-order valence-corrected chi connectivity index (χ0v) is 13.2. The molecule has 2 unspecified atom stereocenters. The number of aromatic nitrogens is 2. The maximum atomic E-state index is 12.8. The number of amides is 1. The van der Waals surface area contributed by atoms with E-state index >= 15 is 0 Å². The molecule has 22 heavy (non-hydrogen) atoms. The lowest BCUT2D eigenvalue weighted by Gasteiger charge is -2.45. The molecule has 0 saturated carbocycles. The molecule has 2 aromatic rings. The van der Waals surface area contributed by atoms with E-state index in [9.17, 15) is 4.79 Å². The van der Waals surface area contributed by atoms with Crippen LogP contribution in [0.2, 0.25) is 0 Å². The van der Waals surface area contributed by atoms with Crippen LogP contribution in [0.15, 0.2) is 18.2 Å². The molecule has 1 aromatic heterocycles. The minimum absolute atomic E-state index is 0. The van der Waals surface area contributed by atoms with Gasteiger partial charge in [-0.1, -0.05) is 0 Å². The summed E-state index contributed by atoms with van der Waals surface area (Å²) < 4.78 is 5.24. The first kappa shape index (κ1) is 15.1. The van der Waals surface area contributed by atoms with Crippen LogP contribution in [-0.2, 0) is 0 Å². The molecule has 1 amide bonds. The molecule has 0 radical (unpaired) electrons. The number of benzene rings is 1. The first-order valence-electron chi connectivity index (χ1n) is 7.32. The summed E-state index contributed by atoms with van der Waals surface area (Å²) in [6, 6.07) is 6.34. The number of H-pyrrole nitrogens is 1. The van der Waals surface area contributed by atoms with Crippen molar-refractivity contribution in [3.05, 3.63) is 23.9 Å². The van der Waals surface area contributed by atoms with E-state index < -0.39 is 0 Å². The zero-order valence-electron chi connectivity index (χ0n) is 12.3. The summed E-state index contributed by atoms with van der Waals surface area (Å²) in [5, 5.41) is 11.5. The lowest BCUT2D eigenvalue weighted by atomic mass is 9.92. The smallest absolute Gasteiger partial charge is 0.275 e. The van der Waals surface area contributed by atoms with Gasteiger partial charge in [-0.05, 0) is 31.0 Å². The first-order valence-corrected chi connectivity index (χ1v) is 7.32. The van der Waals surface area contributed by atoms with E-state index in [2.05, 4.69) is 15.5 Å². The minimum Gasteiger partial charge on any atom is -0.497 e. The minimum atomic E-state index is 0. The Balaban J connectivity index is 0.00000144. The number of carbonyl (C=O) groups is 1. The van der Waals surface area contributed by atoms with Crippen molar-refractivity contribution in [1.29, 1.82) is 0 Å². The highest BCUT2D eigenvalue weighted by molar-refractivity contribution is 6.05. The van der Waals surface area contributed by atoms with Crippen LogP contribution >= 0.6 is 12.4 Å². The summed E-state index contributed by atoms with van der Waals surface area (Å²) in [7, 11) is 1.62. The molecule has 3 aliphatic rings. The maximum Gasteiger partial charge on any atom is 0.275 e. The van der Waals surface area contributed by atoms with Crippen LogP contribution in [0.4, 0.5) is 0 Å². The van der Waals surface area contributed by atoms with Gasteiger partial charge in [0.2, 0.25) is 0 Å². The fourth-order valence-corrected chi connectivity index (χ4v) is 3.38. The van der Waals surface area contributed by atoms with Gasteiger partial charge in [-0.3, -0.25) is 9.89 Å². The molecule has 0 aliphatic carbocycles. The van der Waals surface area contributed by atoms with Crippen LogP contribution in [0.1, 0.15) is 23.3 Å². The third-order valence-electron chi connectivity index (χ3n) is 4.58. The van der Waals surface area contributed by atoms with E-state index in [1.807, 2.05) is 23.1 Å². The summed E-state index contributed by atoms with van der Waals surface area (Å²) in [5.74, 6) is 0.755.